The van der Waals surface area contributed by atoms with Gasteiger partial charge >= 0.3 is 0 Å². The van der Waals surface area contributed by atoms with Gasteiger partial charge in [0.2, 0.25) is 5.95 Å². The van der Waals surface area contributed by atoms with Crippen molar-refractivity contribution in [3.63, 3.8) is 0 Å². The maximum atomic E-state index is 10.4. The summed E-state index contributed by atoms with van der Waals surface area (Å²) in [7, 11) is 3.64. The molecule has 210 valence electrons. The molecule has 4 aromatic rings. The van der Waals surface area contributed by atoms with Gasteiger partial charge in [-0.2, -0.15) is 4.98 Å². The summed E-state index contributed by atoms with van der Waals surface area (Å²) in [6.07, 6.45) is 5.46. The number of aliphatic hydroxyl groups is 1. The lowest BCUT2D eigenvalue weighted by Gasteiger charge is -2.47. The van der Waals surface area contributed by atoms with Crippen LogP contribution in [0.5, 0.6) is 0 Å². The Morgan fingerprint density at radius 3 is 2.65 bits per heavy atom. The molecule has 11 heteroatoms. The van der Waals surface area contributed by atoms with Crippen LogP contribution in [0.1, 0.15) is 50.4 Å². The zero-order chi connectivity index (χ0) is 28.0. The number of aromatic nitrogens is 6. The second-order valence-corrected chi connectivity index (χ2v) is 11.2. The number of rotatable bonds is 7. The van der Waals surface area contributed by atoms with Gasteiger partial charge in [0.15, 0.2) is 0 Å². The fraction of sp³-hybridized carbons (Fsp3) is 0.483. The highest BCUT2D eigenvalue weighted by Gasteiger charge is 2.40. The Labute approximate surface area is 234 Å². The van der Waals surface area contributed by atoms with Crippen LogP contribution in [-0.2, 0) is 11.8 Å². The van der Waals surface area contributed by atoms with Crippen LogP contribution in [0.15, 0.2) is 43.0 Å². The average Bonchev–Trinajstić information content (AvgIpc) is 3.37. The van der Waals surface area contributed by atoms with Gasteiger partial charge in [0.05, 0.1) is 18.1 Å². The van der Waals surface area contributed by atoms with E-state index < -0.39 is 6.10 Å². The zero-order valence-corrected chi connectivity index (χ0v) is 23.7. The molecule has 40 heavy (non-hydrogen) atoms. The lowest BCUT2D eigenvalue weighted by molar-refractivity contribution is -0.0219. The molecule has 0 saturated carbocycles. The van der Waals surface area contributed by atoms with Crippen molar-refractivity contribution >= 4 is 34.0 Å². The van der Waals surface area contributed by atoms with E-state index in [1.54, 1.807) is 19.6 Å². The SMILES string of the molecule is CO[C@@H]1CCN(c2nccc(Nc3cc4c(C(C)C)ccc(N5C[C@@H](c6nncn6C)[C@@H]5C)c4cn3)n2)C[C@H]1O. The molecule has 0 spiro atoms. The maximum Gasteiger partial charge on any atom is 0.227 e. The van der Waals surface area contributed by atoms with Crippen LogP contribution >= 0.6 is 0 Å². The van der Waals surface area contributed by atoms with Gasteiger partial charge in [0.1, 0.15) is 23.8 Å². The normalized spacial score (nSPS) is 23.1. The number of piperidine rings is 1. The highest BCUT2D eigenvalue weighted by molar-refractivity contribution is 5.98. The molecule has 0 radical (unpaired) electrons. The number of β-amino-alcohol motifs (C(OH)–C–C–N with tert-alkyl or cyclic N) is 1. The van der Waals surface area contributed by atoms with Gasteiger partial charge in [-0.3, -0.25) is 0 Å². The van der Waals surface area contributed by atoms with Crippen molar-refractivity contribution in [3.05, 3.63) is 54.4 Å². The molecule has 3 aromatic heterocycles. The van der Waals surface area contributed by atoms with Gasteiger partial charge in [-0.25, -0.2) is 9.97 Å². The highest BCUT2D eigenvalue weighted by Crippen LogP contribution is 2.42. The third-order valence-corrected chi connectivity index (χ3v) is 8.39. The number of benzene rings is 1. The smallest absolute Gasteiger partial charge is 0.227 e. The zero-order valence-electron chi connectivity index (χ0n) is 23.7. The maximum absolute atomic E-state index is 10.4. The van der Waals surface area contributed by atoms with Crippen LogP contribution in [0.3, 0.4) is 0 Å². The van der Waals surface area contributed by atoms with E-state index in [9.17, 15) is 5.11 Å². The molecule has 2 aliphatic heterocycles. The Balaban J connectivity index is 1.26. The fourth-order valence-corrected chi connectivity index (χ4v) is 5.99. The molecule has 4 atom stereocenters. The minimum Gasteiger partial charge on any atom is -0.389 e. The molecule has 6 rings (SSSR count). The van der Waals surface area contributed by atoms with E-state index in [2.05, 4.69) is 64.4 Å². The van der Waals surface area contributed by atoms with Crippen molar-refractivity contribution in [3.8, 4) is 0 Å². The van der Waals surface area contributed by atoms with Gasteiger partial charge < -0.3 is 29.5 Å². The predicted molar refractivity (Wildman–Crippen MR) is 155 cm³/mol. The Kier molecular flexibility index (Phi) is 7.01. The van der Waals surface area contributed by atoms with Gasteiger partial charge in [-0.1, -0.05) is 19.9 Å². The number of nitrogens with one attached hydrogen (secondary N) is 1. The first-order valence-corrected chi connectivity index (χ1v) is 13.9. The molecule has 1 aromatic carbocycles. The number of hydrogen-bond acceptors (Lipinski definition) is 10. The Bertz CT molecular complexity index is 1510. The standard InChI is InChI=1S/C29H37N9O2/c1-17(2)19-6-7-23(38-14-22(18(38)3)28-35-32-16-36(28)4)21-13-31-27(12-20(19)21)33-26-8-10-30-29(34-26)37-11-9-25(40-5)24(39)15-37/h6-8,10,12-13,16-18,22,24-25,39H,9,11,14-15H2,1-5H3,(H,30,31,33,34)/t18-,22+,24+,25+/m0/s1. The van der Waals surface area contributed by atoms with Crippen LogP contribution in [0.4, 0.5) is 23.3 Å². The van der Waals surface area contributed by atoms with Gasteiger partial charge in [-0.05, 0) is 48.4 Å². The summed E-state index contributed by atoms with van der Waals surface area (Å²) in [6.45, 7) is 8.73. The average molecular weight is 544 g/mol. The molecular weight excluding hydrogens is 506 g/mol. The first-order valence-electron chi connectivity index (χ1n) is 13.9. The number of ether oxygens (including phenoxy) is 1. The molecule has 2 N–H and O–H groups in total. The summed E-state index contributed by atoms with van der Waals surface area (Å²) in [5, 5.41) is 24.5. The van der Waals surface area contributed by atoms with Crippen LogP contribution in [0.25, 0.3) is 10.8 Å². The number of nitrogens with zero attached hydrogens (tertiary/aromatic N) is 8. The highest BCUT2D eigenvalue weighted by atomic mass is 16.5. The van der Waals surface area contributed by atoms with E-state index >= 15 is 0 Å². The summed E-state index contributed by atoms with van der Waals surface area (Å²) in [6, 6.07) is 8.73. The number of aliphatic hydroxyl groups excluding tert-OH is 1. The number of anilines is 4. The largest absolute Gasteiger partial charge is 0.389 e. The summed E-state index contributed by atoms with van der Waals surface area (Å²) in [5.41, 5.74) is 2.47. The van der Waals surface area contributed by atoms with Crippen molar-refractivity contribution in [2.75, 3.05) is 41.9 Å². The summed E-state index contributed by atoms with van der Waals surface area (Å²) < 4.78 is 7.39. The molecule has 2 saturated heterocycles. The minimum absolute atomic E-state index is 0.156. The number of fused-ring (bicyclic) bond motifs is 1. The van der Waals surface area contributed by atoms with E-state index in [4.69, 9.17) is 14.7 Å². The number of pyridine rings is 1. The first-order chi connectivity index (χ1) is 19.3. The third kappa shape index (κ3) is 4.73. The van der Waals surface area contributed by atoms with E-state index in [1.807, 2.05) is 28.8 Å². The number of methoxy groups -OCH3 is 1. The quantitative estimate of drug-likeness (QED) is 0.358. The molecule has 0 unspecified atom stereocenters. The number of hydrogen-bond donors (Lipinski definition) is 2. The Morgan fingerprint density at radius 2 is 1.95 bits per heavy atom. The third-order valence-electron chi connectivity index (χ3n) is 8.39. The summed E-state index contributed by atoms with van der Waals surface area (Å²) >= 11 is 0. The monoisotopic (exact) mass is 543 g/mol. The second-order valence-electron chi connectivity index (χ2n) is 11.2. The van der Waals surface area contributed by atoms with Crippen molar-refractivity contribution in [2.45, 2.75) is 57.3 Å². The van der Waals surface area contributed by atoms with Crippen molar-refractivity contribution in [1.82, 2.24) is 29.7 Å². The topological polar surface area (TPSA) is 117 Å². The molecule has 0 bridgehead atoms. The van der Waals surface area contributed by atoms with Gasteiger partial charge in [0, 0.05) is 63.3 Å². The van der Waals surface area contributed by atoms with Crippen LogP contribution in [0.2, 0.25) is 0 Å². The molecule has 0 amide bonds. The van der Waals surface area contributed by atoms with Crippen LogP contribution in [-0.4, -0.2) is 79.8 Å². The lowest BCUT2D eigenvalue weighted by atomic mass is 9.86. The van der Waals surface area contributed by atoms with Crippen LogP contribution < -0.4 is 15.1 Å². The van der Waals surface area contributed by atoms with E-state index in [0.29, 0.717) is 36.2 Å². The molecule has 2 fully saturated rings. The van der Waals surface area contributed by atoms with Crippen LogP contribution in [0, 0.1) is 0 Å². The van der Waals surface area contributed by atoms with Crippen molar-refractivity contribution < 1.29 is 9.84 Å². The van der Waals surface area contributed by atoms with Gasteiger partial charge in [-0.15, -0.1) is 10.2 Å². The molecule has 5 heterocycles. The Hall–Kier alpha value is -3.83. The number of aryl methyl sites for hydroxylation is 1. The fourth-order valence-electron chi connectivity index (χ4n) is 5.99. The second kappa shape index (κ2) is 10.6. The summed E-state index contributed by atoms with van der Waals surface area (Å²) in [4.78, 5) is 18.4. The first kappa shape index (κ1) is 26.4. The van der Waals surface area contributed by atoms with E-state index in [0.717, 1.165) is 36.5 Å². The molecule has 2 aliphatic rings. The van der Waals surface area contributed by atoms with E-state index in [1.165, 1.54) is 16.6 Å². The van der Waals surface area contributed by atoms with Crippen molar-refractivity contribution in [1.29, 1.82) is 0 Å². The predicted octanol–water partition coefficient (Wildman–Crippen LogP) is 3.60. The Morgan fingerprint density at radius 1 is 1.10 bits per heavy atom. The minimum atomic E-state index is -0.574. The van der Waals surface area contributed by atoms with E-state index in [-0.39, 0.29) is 6.10 Å². The van der Waals surface area contributed by atoms with Gasteiger partial charge in [0.25, 0.3) is 0 Å². The lowest BCUT2D eigenvalue weighted by Crippen LogP contribution is -2.54. The molecule has 11 nitrogen and oxygen atoms in total. The van der Waals surface area contributed by atoms with Crippen molar-refractivity contribution in [2.24, 2.45) is 7.05 Å². The molecule has 0 aliphatic carbocycles. The summed E-state index contributed by atoms with van der Waals surface area (Å²) in [5.74, 6) is 3.69. The molecular formula is C29H37N9O2.